The van der Waals surface area contributed by atoms with Gasteiger partial charge in [0.05, 0.1) is 0 Å². The smallest absolute Gasteiger partial charge is 0.261 e. The molecule has 4 heteroatoms. The molecular formula is C19H23NO3. The first-order valence-electron chi connectivity index (χ1n) is 7.65. The van der Waals surface area contributed by atoms with Crippen molar-refractivity contribution in [2.75, 3.05) is 0 Å². The second-order valence-electron chi connectivity index (χ2n) is 6.39. The summed E-state index contributed by atoms with van der Waals surface area (Å²) in [5.41, 5.74) is -0.276. The maximum absolute atomic E-state index is 12.0. The zero-order chi connectivity index (χ0) is 16.9. The molecule has 122 valence electrons. The third-order valence-electron chi connectivity index (χ3n) is 2.98. The molecule has 0 aromatic heterocycles. The standard InChI is InChI=1S/C19H23NO3/c1-14(18(21)20-19(2,3)4)22-16-10-12-17(13-11-16)23-15-8-6-5-7-9-15/h5-14H,1-4H3,(H,20,21). The van der Waals surface area contributed by atoms with Crippen LogP contribution in [0.15, 0.2) is 54.6 Å². The van der Waals surface area contributed by atoms with E-state index in [2.05, 4.69) is 5.32 Å². The van der Waals surface area contributed by atoms with E-state index in [-0.39, 0.29) is 11.4 Å². The molecule has 1 amide bonds. The van der Waals surface area contributed by atoms with E-state index < -0.39 is 6.10 Å². The predicted octanol–water partition coefficient (Wildman–Crippen LogP) is 4.16. The number of hydrogen-bond acceptors (Lipinski definition) is 3. The van der Waals surface area contributed by atoms with Crippen LogP contribution in [0.5, 0.6) is 17.2 Å². The van der Waals surface area contributed by atoms with Crippen LogP contribution in [0, 0.1) is 0 Å². The van der Waals surface area contributed by atoms with E-state index in [0.29, 0.717) is 5.75 Å². The molecule has 0 spiro atoms. The van der Waals surface area contributed by atoms with Crippen LogP contribution in [-0.4, -0.2) is 17.6 Å². The Labute approximate surface area is 137 Å². The number of hydrogen-bond donors (Lipinski definition) is 1. The Bertz CT molecular complexity index is 630. The van der Waals surface area contributed by atoms with Gasteiger partial charge in [-0.3, -0.25) is 4.79 Å². The molecule has 0 aliphatic heterocycles. The molecule has 0 saturated carbocycles. The Hall–Kier alpha value is -2.49. The predicted molar refractivity (Wildman–Crippen MR) is 90.9 cm³/mol. The molecule has 4 nitrogen and oxygen atoms in total. The second-order valence-corrected chi connectivity index (χ2v) is 6.39. The van der Waals surface area contributed by atoms with E-state index >= 15 is 0 Å². The topological polar surface area (TPSA) is 47.6 Å². The fourth-order valence-electron chi connectivity index (χ4n) is 1.94. The second kappa shape index (κ2) is 7.18. The van der Waals surface area contributed by atoms with E-state index in [1.165, 1.54) is 0 Å². The van der Waals surface area contributed by atoms with Crippen molar-refractivity contribution in [3.8, 4) is 17.2 Å². The van der Waals surface area contributed by atoms with E-state index in [9.17, 15) is 4.79 Å². The maximum atomic E-state index is 12.0. The van der Waals surface area contributed by atoms with Gasteiger partial charge in [-0.15, -0.1) is 0 Å². The van der Waals surface area contributed by atoms with Crippen molar-refractivity contribution < 1.29 is 14.3 Å². The zero-order valence-corrected chi connectivity index (χ0v) is 14.0. The highest BCUT2D eigenvalue weighted by atomic mass is 16.5. The Kier molecular flexibility index (Phi) is 5.27. The Morgan fingerprint density at radius 1 is 0.913 bits per heavy atom. The van der Waals surface area contributed by atoms with Gasteiger partial charge in [0.1, 0.15) is 17.2 Å². The molecular weight excluding hydrogens is 290 g/mol. The minimum Gasteiger partial charge on any atom is -0.481 e. The Morgan fingerprint density at radius 2 is 1.43 bits per heavy atom. The third kappa shape index (κ3) is 5.66. The largest absolute Gasteiger partial charge is 0.481 e. The molecule has 1 atom stereocenters. The molecule has 2 aromatic rings. The minimum atomic E-state index is -0.560. The average molecular weight is 313 g/mol. The van der Waals surface area contributed by atoms with Gasteiger partial charge < -0.3 is 14.8 Å². The van der Waals surface area contributed by atoms with Gasteiger partial charge in [0.2, 0.25) is 0 Å². The van der Waals surface area contributed by atoms with Gasteiger partial charge in [0, 0.05) is 5.54 Å². The van der Waals surface area contributed by atoms with Crippen molar-refractivity contribution >= 4 is 5.91 Å². The molecule has 0 aliphatic carbocycles. The highest BCUT2D eigenvalue weighted by Crippen LogP contribution is 2.24. The lowest BCUT2D eigenvalue weighted by Crippen LogP contribution is -2.46. The molecule has 1 unspecified atom stereocenters. The number of carbonyl (C=O) groups is 1. The molecule has 23 heavy (non-hydrogen) atoms. The lowest BCUT2D eigenvalue weighted by Gasteiger charge is -2.23. The summed E-state index contributed by atoms with van der Waals surface area (Å²) in [7, 11) is 0. The van der Waals surface area contributed by atoms with E-state index in [4.69, 9.17) is 9.47 Å². The molecule has 0 radical (unpaired) electrons. The fraction of sp³-hybridized carbons (Fsp3) is 0.316. The summed E-state index contributed by atoms with van der Waals surface area (Å²) >= 11 is 0. The first-order valence-corrected chi connectivity index (χ1v) is 7.65. The van der Waals surface area contributed by atoms with Gasteiger partial charge in [-0.05, 0) is 64.1 Å². The molecule has 2 rings (SSSR count). The van der Waals surface area contributed by atoms with Crippen LogP contribution in [-0.2, 0) is 4.79 Å². The summed E-state index contributed by atoms with van der Waals surface area (Å²) in [5.74, 6) is 1.98. The van der Waals surface area contributed by atoms with Gasteiger partial charge in [-0.25, -0.2) is 0 Å². The first kappa shape index (κ1) is 16.9. The summed E-state index contributed by atoms with van der Waals surface area (Å²) in [6, 6.07) is 16.8. The number of benzene rings is 2. The van der Waals surface area contributed by atoms with Crippen LogP contribution in [0.3, 0.4) is 0 Å². The summed E-state index contributed by atoms with van der Waals surface area (Å²) in [6.45, 7) is 7.55. The number of rotatable bonds is 5. The van der Waals surface area contributed by atoms with Gasteiger partial charge in [0.25, 0.3) is 5.91 Å². The first-order chi connectivity index (χ1) is 10.8. The maximum Gasteiger partial charge on any atom is 0.261 e. The number of amides is 1. The molecule has 0 aliphatic rings. The normalized spacial score (nSPS) is 12.3. The lowest BCUT2D eigenvalue weighted by atomic mass is 10.1. The summed E-state index contributed by atoms with van der Waals surface area (Å²) in [6.07, 6.45) is -0.560. The van der Waals surface area contributed by atoms with Gasteiger partial charge in [-0.2, -0.15) is 0 Å². The van der Waals surface area contributed by atoms with E-state index in [1.807, 2.05) is 63.2 Å². The molecule has 0 bridgehead atoms. The Morgan fingerprint density at radius 3 is 2.00 bits per heavy atom. The number of para-hydroxylation sites is 1. The monoisotopic (exact) mass is 313 g/mol. The summed E-state index contributed by atoms with van der Waals surface area (Å²) in [4.78, 5) is 12.0. The van der Waals surface area contributed by atoms with Gasteiger partial charge in [-0.1, -0.05) is 18.2 Å². The van der Waals surface area contributed by atoms with Crippen molar-refractivity contribution in [2.45, 2.75) is 39.3 Å². The van der Waals surface area contributed by atoms with Crippen molar-refractivity contribution in [1.29, 1.82) is 0 Å². The highest BCUT2D eigenvalue weighted by molar-refractivity contribution is 5.81. The van der Waals surface area contributed by atoms with Crippen LogP contribution in [0.25, 0.3) is 0 Å². The molecule has 0 saturated heterocycles. The molecule has 0 heterocycles. The van der Waals surface area contributed by atoms with E-state index in [1.54, 1.807) is 19.1 Å². The van der Waals surface area contributed by atoms with E-state index in [0.717, 1.165) is 11.5 Å². The minimum absolute atomic E-state index is 0.137. The SMILES string of the molecule is CC(Oc1ccc(Oc2ccccc2)cc1)C(=O)NC(C)(C)C. The number of ether oxygens (including phenoxy) is 2. The number of carbonyl (C=O) groups excluding carboxylic acids is 1. The third-order valence-corrected chi connectivity index (χ3v) is 2.98. The molecule has 0 fully saturated rings. The van der Waals surface area contributed by atoms with Crippen molar-refractivity contribution in [3.63, 3.8) is 0 Å². The van der Waals surface area contributed by atoms with Crippen LogP contribution in [0.1, 0.15) is 27.7 Å². The van der Waals surface area contributed by atoms with Crippen LogP contribution >= 0.6 is 0 Å². The fourth-order valence-corrected chi connectivity index (χ4v) is 1.94. The van der Waals surface area contributed by atoms with Gasteiger partial charge >= 0.3 is 0 Å². The van der Waals surface area contributed by atoms with Crippen molar-refractivity contribution in [2.24, 2.45) is 0 Å². The van der Waals surface area contributed by atoms with Crippen LogP contribution < -0.4 is 14.8 Å². The zero-order valence-electron chi connectivity index (χ0n) is 14.0. The van der Waals surface area contributed by atoms with Crippen molar-refractivity contribution in [1.82, 2.24) is 5.32 Å². The molecule has 2 aromatic carbocycles. The molecule has 1 N–H and O–H groups in total. The summed E-state index contributed by atoms with van der Waals surface area (Å²) in [5, 5.41) is 2.89. The summed E-state index contributed by atoms with van der Waals surface area (Å²) < 4.78 is 11.4. The van der Waals surface area contributed by atoms with Crippen molar-refractivity contribution in [3.05, 3.63) is 54.6 Å². The average Bonchev–Trinajstić information content (AvgIpc) is 2.48. The lowest BCUT2D eigenvalue weighted by molar-refractivity contribution is -0.128. The number of nitrogens with one attached hydrogen (secondary N) is 1. The Balaban J connectivity index is 1.93. The van der Waals surface area contributed by atoms with Crippen LogP contribution in [0.4, 0.5) is 0 Å². The highest BCUT2D eigenvalue weighted by Gasteiger charge is 2.20. The van der Waals surface area contributed by atoms with Gasteiger partial charge in [0.15, 0.2) is 6.10 Å². The van der Waals surface area contributed by atoms with Crippen LogP contribution in [0.2, 0.25) is 0 Å². The quantitative estimate of drug-likeness (QED) is 0.901.